The molecule has 3 unspecified atom stereocenters. The molecule has 0 aliphatic heterocycles. The number of hydrogen-bond acceptors (Lipinski definition) is 3. The Bertz CT molecular complexity index is 784. The van der Waals surface area contributed by atoms with E-state index in [9.17, 15) is 9.59 Å². The molecule has 0 aliphatic rings. The van der Waals surface area contributed by atoms with Crippen molar-refractivity contribution in [2.24, 2.45) is 11.8 Å². The molecule has 3 N–H and O–H groups in total. The highest BCUT2D eigenvalue weighted by atomic mass is 16.5. The minimum absolute atomic E-state index is 0.176. The van der Waals surface area contributed by atoms with Crippen LogP contribution in [0.15, 0.2) is 24.4 Å². The molecule has 154 valence electrons. The molecular weight excluding hydrogens is 356 g/mol. The van der Waals surface area contributed by atoms with Crippen LogP contribution in [0.1, 0.15) is 50.7 Å². The zero-order valence-electron chi connectivity index (χ0n) is 17.2. The standard InChI is InChI=1S/C22H32N2O4/c1-14(2)19(11-18(13-25)24-22(26)27)15(3)16-7-8-21-20(10-16)17(12-23-21)6-5-9-28-4/h7-8,10,12-15,18-19,23-24H,5-6,9,11H2,1-4H3,(H,26,27). The minimum atomic E-state index is -1.17. The van der Waals surface area contributed by atoms with E-state index in [1.54, 1.807) is 7.11 Å². The van der Waals surface area contributed by atoms with Crippen LogP contribution in [0.2, 0.25) is 0 Å². The van der Waals surface area contributed by atoms with Crippen molar-refractivity contribution < 1.29 is 19.4 Å². The molecule has 28 heavy (non-hydrogen) atoms. The Morgan fingerprint density at radius 3 is 2.68 bits per heavy atom. The Hall–Kier alpha value is -2.34. The third-order valence-corrected chi connectivity index (χ3v) is 5.61. The smallest absolute Gasteiger partial charge is 0.405 e. The Balaban J connectivity index is 2.24. The van der Waals surface area contributed by atoms with Crippen molar-refractivity contribution in [3.8, 4) is 0 Å². The fraction of sp³-hybridized carbons (Fsp3) is 0.545. The van der Waals surface area contributed by atoms with Crippen LogP contribution >= 0.6 is 0 Å². The SMILES string of the molecule is COCCCc1c[nH]c2ccc(C(C)C(CC(C=O)NC(=O)O)C(C)C)cc12. The summed E-state index contributed by atoms with van der Waals surface area (Å²) in [5.41, 5.74) is 3.60. The Morgan fingerprint density at radius 2 is 2.07 bits per heavy atom. The van der Waals surface area contributed by atoms with Crippen molar-refractivity contribution in [1.29, 1.82) is 0 Å². The molecule has 0 bridgehead atoms. The van der Waals surface area contributed by atoms with E-state index in [2.05, 4.69) is 55.5 Å². The second-order valence-corrected chi connectivity index (χ2v) is 7.84. The second kappa shape index (κ2) is 10.3. The van der Waals surface area contributed by atoms with Crippen LogP contribution in [0.3, 0.4) is 0 Å². The number of amides is 1. The van der Waals surface area contributed by atoms with Crippen LogP contribution in [0.25, 0.3) is 10.9 Å². The van der Waals surface area contributed by atoms with Gasteiger partial charge in [-0.05, 0) is 60.3 Å². The highest BCUT2D eigenvalue weighted by Crippen LogP contribution is 2.35. The zero-order chi connectivity index (χ0) is 20.7. The number of aromatic amines is 1. The molecule has 3 atom stereocenters. The Kier molecular flexibility index (Phi) is 8.05. The zero-order valence-corrected chi connectivity index (χ0v) is 17.2. The van der Waals surface area contributed by atoms with Crippen LogP contribution in [-0.2, 0) is 16.0 Å². The average molecular weight is 389 g/mol. The molecule has 0 spiro atoms. The first-order valence-electron chi connectivity index (χ1n) is 9.91. The number of carbonyl (C=O) groups excluding carboxylic acids is 1. The van der Waals surface area contributed by atoms with E-state index in [-0.39, 0.29) is 11.8 Å². The van der Waals surface area contributed by atoms with Gasteiger partial charge in [0.2, 0.25) is 0 Å². The van der Waals surface area contributed by atoms with Crippen LogP contribution in [0.4, 0.5) is 4.79 Å². The van der Waals surface area contributed by atoms with Gasteiger partial charge in [-0.1, -0.05) is 26.8 Å². The molecule has 2 rings (SSSR count). The quantitative estimate of drug-likeness (QED) is 0.394. The van der Waals surface area contributed by atoms with Gasteiger partial charge in [0.1, 0.15) is 6.29 Å². The molecule has 0 radical (unpaired) electrons. The number of nitrogens with one attached hydrogen (secondary N) is 2. The molecule has 0 aliphatic carbocycles. The number of aryl methyl sites for hydroxylation is 1. The summed E-state index contributed by atoms with van der Waals surface area (Å²) in [6.07, 6.45) is 4.00. The maximum absolute atomic E-state index is 11.3. The van der Waals surface area contributed by atoms with Crippen molar-refractivity contribution in [3.05, 3.63) is 35.5 Å². The highest BCUT2D eigenvalue weighted by molar-refractivity contribution is 5.84. The van der Waals surface area contributed by atoms with Crippen molar-refractivity contribution in [1.82, 2.24) is 10.3 Å². The number of aromatic nitrogens is 1. The van der Waals surface area contributed by atoms with Crippen LogP contribution in [0, 0.1) is 11.8 Å². The largest absolute Gasteiger partial charge is 0.465 e. The first kappa shape index (κ1) is 22.0. The van der Waals surface area contributed by atoms with E-state index >= 15 is 0 Å². The number of methoxy groups -OCH3 is 1. The number of rotatable bonds is 11. The van der Waals surface area contributed by atoms with Crippen molar-refractivity contribution in [2.75, 3.05) is 13.7 Å². The van der Waals surface area contributed by atoms with Crippen molar-refractivity contribution in [2.45, 2.75) is 52.0 Å². The van der Waals surface area contributed by atoms with E-state index in [0.29, 0.717) is 18.6 Å². The summed E-state index contributed by atoms with van der Waals surface area (Å²) < 4.78 is 5.16. The van der Waals surface area contributed by atoms with Crippen LogP contribution in [-0.4, -0.2) is 42.2 Å². The number of carboxylic acid groups (broad SMARTS) is 1. The second-order valence-electron chi connectivity index (χ2n) is 7.84. The maximum atomic E-state index is 11.3. The maximum Gasteiger partial charge on any atom is 0.405 e. The summed E-state index contributed by atoms with van der Waals surface area (Å²) in [5, 5.41) is 12.5. The predicted molar refractivity (Wildman–Crippen MR) is 111 cm³/mol. The first-order chi connectivity index (χ1) is 13.4. The lowest BCUT2D eigenvalue weighted by molar-refractivity contribution is -0.110. The van der Waals surface area contributed by atoms with E-state index in [1.165, 1.54) is 16.5 Å². The molecule has 0 saturated carbocycles. The van der Waals surface area contributed by atoms with E-state index in [0.717, 1.165) is 25.0 Å². The average Bonchev–Trinajstić information content (AvgIpc) is 3.06. The van der Waals surface area contributed by atoms with Crippen molar-refractivity contribution in [3.63, 3.8) is 0 Å². The van der Waals surface area contributed by atoms with Gasteiger partial charge in [-0.3, -0.25) is 0 Å². The molecule has 2 aromatic rings. The van der Waals surface area contributed by atoms with Crippen LogP contribution < -0.4 is 5.32 Å². The van der Waals surface area contributed by atoms with E-state index in [1.807, 2.05) is 0 Å². The van der Waals surface area contributed by atoms with Crippen molar-refractivity contribution >= 4 is 23.3 Å². The monoisotopic (exact) mass is 388 g/mol. The fourth-order valence-electron chi connectivity index (χ4n) is 3.99. The molecule has 0 saturated heterocycles. The minimum Gasteiger partial charge on any atom is -0.465 e. The normalized spacial score (nSPS) is 14.8. The van der Waals surface area contributed by atoms with Gasteiger partial charge in [-0.15, -0.1) is 0 Å². The number of carbonyl (C=O) groups is 2. The number of fused-ring (bicyclic) bond motifs is 1. The topological polar surface area (TPSA) is 91.4 Å². The number of aldehydes is 1. The first-order valence-corrected chi connectivity index (χ1v) is 9.91. The molecule has 1 heterocycles. The number of ether oxygens (including phenoxy) is 1. The summed E-state index contributed by atoms with van der Waals surface area (Å²) in [7, 11) is 1.72. The van der Waals surface area contributed by atoms with Gasteiger partial charge in [0.25, 0.3) is 0 Å². The Morgan fingerprint density at radius 1 is 1.32 bits per heavy atom. The van der Waals surface area contributed by atoms with Gasteiger partial charge in [-0.2, -0.15) is 0 Å². The van der Waals surface area contributed by atoms with Gasteiger partial charge in [0, 0.05) is 30.8 Å². The molecule has 6 nitrogen and oxygen atoms in total. The highest BCUT2D eigenvalue weighted by Gasteiger charge is 2.26. The number of H-pyrrole nitrogens is 1. The van der Waals surface area contributed by atoms with Gasteiger partial charge < -0.3 is 24.9 Å². The molecule has 0 fully saturated rings. The lowest BCUT2D eigenvalue weighted by atomic mass is 9.76. The number of benzene rings is 1. The third-order valence-electron chi connectivity index (χ3n) is 5.61. The lowest BCUT2D eigenvalue weighted by Crippen LogP contribution is -2.38. The van der Waals surface area contributed by atoms with E-state index < -0.39 is 12.1 Å². The lowest BCUT2D eigenvalue weighted by Gasteiger charge is -2.30. The van der Waals surface area contributed by atoms with Gasteiger partial charge >= 0.3 is 6.09 Å². The molecule has 1 aromatic carbocycles. The summed E-state index contributed by atoms with van der Waals surface area (Å²) in [5.74, 6) is 0.690. The molecule has 1 aromatic heterocycles. The van der Waals surface area contributed by atoms with Gasteiger partial charge in [0.15, 0.2) is 0 Å². The van der Waals surface area contributed by atoms with Gasteiger partial charge in [0.05, 0.1) is 6.04 Å². The van der Waals surface area contributed by atoms with Crippen LogP contribution in [0.5, 0.6) is 0 Å². The summed E-state index contributed by atoms with van der Waals surface area (Å²) >= 11 is 0. The Labute approximate surface area is 166 Å². The summed E-state index contributed by atoms with van der Waals surface area (Å²) in [6, 6.07) is 5.77. The number of hydrogen-bond donors (Lipinski definition) is 3. The molecule has 1 amide bonds. The molecule has 6 heteroatoms. The van der Waals surface area contributed by atoms with Gasteiger partial charge in [-0.25, -0.2) is 4.79 Å². The third kappa shape index (κ3) is 5.58. The summed E-state index contributed by atoms with van der Waals surface area (Å²) in [4.78, 5) is 25.6. The molecular formula is C22H32N2O4. The predicted octanol–water partition coefficient (Wildman–Crippen LogP) is 4.35. The van der Waals surface area contributed by atoms with E-state index in [4.69, 9.17) is 9.84 Å². The summed E-state index contributed by atoms with van der Waals surface area (Å²) in [6.45, 7) is 7.14. The fourth-order valence-corrected chi connectivity index (χ4v) is 3.99.